The van der Waals surface area contributed by atoms with E-state index in [-0.39, 0.29) is 5.84 Å². The molecule has 0 bridgehead atoms. The first-order valence-corrected chi connectivity index (χ1v) is 7.29. The van der Waals surface area contributed by atoms with Crippen LogP contribution in [-0.2, 0) is 17.8 Å². The van der Waals surface area contributed by atoms with Crippen LogP contribution in [0.1, 0.15) is 23.1 Å². The van der Waals surface area contributed by atoms with Crippen LogP contribution in [0.3, 0.4) is 0 Å². The number of halogens is 1. The zero-order chi connectivity index (χ0) is 15.1. The number of aryl methyl sites for hydroxylation is 1. The Bertz CT molecular complexity index is 599. The van der Waals surface area contributed by atoms with Crippen LogP contribution in [0.15, 0.2) is 48.5 Å². The summed E-state index contributed by atoms with van der Waals surface area (Å²) in [6, 6.07) is 15.7. The molecule has 4 heteroatoms. The van der Waals surface area contributed by atoms with Crippen molar-refractivity contribution in [1.82, 2.24) is 0 Å². The third-order valence-corrected chi connectivity index (χ3v) is 3.57. The van der Waals surface area contributed by atoms with E-state index in [1.807, 2.05) is 24.3 Å². The molecule has 0 aliphatic carbocycles. The molecule has 0 saturated carbocycles. The molecular weight excluding hydrogens is 284 g/mol. The van der Waals surface area contributed by atoms with E-state index >= 15 is 0 Å². The number of benzene rings is 2. The Labute approximate surface area is 130 Å². The van der Waals surface area contributed by atoms with Gasteiger partial charge in [-0.1, -0.05) is 54.1 Å². The zero-order valence-corrected chi connectivity index (χ0v) is 12.6. The standard InChI is InChI=1S/C17H19ClN2O/c18-16-11-14(17(19)20)8-9-15(16)12-21-10-4-7-13-5-2-1-3-6-13/h1-3,5-6,8-9,11H,4,7,10,12H2,(H3,19,20). The molecule has 21 heavy (non-hydrogen) atoms. The van der Waals surface area contributed by atoms with Gasteiger partial charge in [-0.05, 0) is 30.0 Å². The van der Waals surface area contributed by atoms with Crippen molar-refractivity contribution >= 4 is 17.4 Å². The molecule has 0 aliphatic heterocycles. The van der Waals surface area contributed by atoms with Crippen molar-refractivity contribution in [3.8, 4) is 0 Å². The fourth-order valence-corrected chi connectivity index (χ4v) is 2.27. The Kier molecular flexibility index (Phi) is 5.78. The van der Waals surface area contributed by atoms with Crippen molar-refractivity contribution in [2.75, 3.05) is 6.61 Å². The fourth-order valence-electron chi connectivity index (χ4n) is 2.04. The van der Waals surface area contributed by atoms with Gasteiger partial charge in [-0.25, -0.2) is 0 Å². The monoisotopic (exact) mass is 302 g/mol. The van der Waals surface area contributed by atoms with Gasteiger partial charge in [0.25, 0.3) is 0 Å². The number of amidine groups is 1. The molecule has 110 valence electrons. The lowest BCUT2D eigenvalue weighted by molar-refractivity contribution is 0.119. The van der Waals surface area contributed by atoms with Crippen LogP contribution >= 0.6 is 11.6 Å². The van der Waals surface area contributed by atoms with Gasteiger partial charge in [0.1, 0.15) is 5.84 Å². The van der Waals surface area contributed by atoms with E-state index in [0.29, 0.717) is 23.8 Å². The van der Waals surface area contributed by atoms with Gasteiger partial charge >= 0.3 is 0 Å². The summed E-state index contributed by atoms with van der Waals surface area (Å²) in [5, 5.41) is 7.95. The molecule has 3 nitrogen and oxygen atoms in total. The highest BCUT2D eigenvalue weighted by Crippen LogP contribution is 2.18. The van der Waals surface area contributed by atoms with Crippen LogP contribution < -0.4 is 5.73 Å². The van der Waals surface area contributed by atoms with E-state index in [1.165, 1.54) is 5.56 Å². The Morgan fingerprint density at radius 3 is 2.57 bits per heavy atom. The second-order valence-corrected chi connectivity index (χ2v) is 5.27. The second kappa shape index (κ2) is 7.81. The van der Waals surface area contributed by atoms with Crippen LogP contribution in [0.25, 0.3) is 0 Å². The van der Waals surface area contributed by atoms with Crippen LogP contribution in [0.4, 0.5) is 0 Å². The highest BCUT2D eigenvalue weighted by molar-refractivity contribution is 6.31. The number of rotatable bonds is 7. The molecule has 3 N–H and O–H groups in total. The van der Waals surface area contributed by atoms with Gasteiger partial charge in [-0.3, -0.25) is 5.41 Å². The first-order chi connectivity index (χ1) is 10.2. The quantitative estimate of drug-likeness (QED) is 0.464. The molecule has 0 heterocycles. The molecule has 2 rings (SSSR count). The summed E-state index contributed by atoms with van der Waals surface area (Å²) in [5.74, 6) is 0.0206. The second-order valence-electron chi connectivity index (χ2n) is 4.86. The summed E-state index contributed by atoms with van der Waals surface area (Å²) in [4.78, 5) is 0. The fraction of sp³-hybridized carbons (Fsp3) is 0.235. The number of nitrogen functional groups attached to an aromatic ring is 1. The molecule has 0 amide bonds. The Morgan fingerprint density at radius 2 is 1.90 bits per heavy atom. The highest BCUT2D eigenvalue weighted by atomic mass is 35.5. The average molecular weight is 303 g/mol. The van der Waals surface area contributed by atoms with Gasteiger partial charge in [0.15, 0.2) is 0 Å². The van der Waals surface area contributed by atoms with Crippen LogP contribution in [0.5, 0.6) is 0 Å². The predicted octanol–water partition coefficient (Wildman–Crippen LogP) is 3.77. The Hall–Kier alpha value is -1.84. The summed E-state index contributed by atoms with van der Waals surface area (Å²) in [6.45, 7) is 1.17. The van der Waals surface area contributed by atoms with Crippen molar-refractivity contribution < 1.29 is 4.74 Å². The maximum Gasteiger partial charge on any atom is 0.122 e. The normalized spacial score (nSPS) is 10.5. The largest absolute Gasteiger partial charge is 0.384 e. The third kappa shape index (κ3) is 4.88. The smallest absolute Gasteiger partial charge is 0.122 e. The van der Waals surface area contributed by atoms with Crippen molar-refractivity contribution in [2.24, 2.45) is 5.73 Å². The molecule has 0 spiro atoms. The van der Waals surface area contributed by atoms with Crippen molar-refractivity contribution in [3.63, 3.8) is 0 Å². The van der Waals surface area contributed by atoms with Crippen LogP contribution in [0, 0.1) is 5.41 Å². The molecule has 2 aromatic carbocycles. The van der Waals surface area contributed by atoms with Crippen LogP contribution in [-0.4, -0.2) is 12.4 Å². The summed E-state index contributed by atoms with van der Waals surface area (Å²) in [5.41, 5.74) is 8.30. The summed E-state index contributed by atoms with van der Waals surface area (Å²) >= 11 is 6.15. The number of nitrogens with two attached hydrogens (primary N) is 1. The van der Waals surface area contributed by atoms with E-state index in [4.69, 9.17) is 27.5 Å². The van der Waals surface area contributed by atoms with Crippen molar-refractivity contribution in [1.29, 1.82) is 5.41 Å². The van der Waals surface area contributed by atoms with Gasteiger partial charge in [0, 0.05) is 17.2 Å². The highest BCUT2D eigenvalue weighted by Gasteiger charge is 2.04. The molecule has 0 aliphatic rings. The molecule has 0 fully saturated rings. The van der Waals surface area contributed by atoms with Gasteiger partial charge < -0.3 is 10.5 Å². The third-order valence-electron chi connectivity index (χ3n) is 3.22. The Morgan fingerprint density at radius 1 is 1.14 bits per heavy atom. The molecular formula is C17H19ClN2O. The predicted molar refractivity (Wildman–Crippen MR) is 86.9 cm³/mol. The van der Waals surface area contributed by atoms with E-state index in [0.717, 1.165) is 18.4 Å². The lowest BCUT2D eigenvalue weighted by atomic mass is 10.1. The summed E-state index contributed by atoms with van der Waals surface area (Å²) in [6.07, 6.45) is 1.99. The molecule has 0 saturated heterocycles. The number of nitrogens with one attached hydrogen (secondary N) is 1. The average Bonchev–Trinajstić information content (AvgIpc) is 2.49. The van der Waals surface area contributed by atoms with Gasteiger partial charge in [-0.2, -0.15) is 0 Å². The van der Waals surface area contributed by atoms with Gasteiger partial charge in [-0.15, -0.1) is 0 Å². The van der Waals surface area contributed by atoms with E-state index in [2.05, 4.69) is 12.1 Å². The Balaban J connectivity index is 1.75. The SMILES string of the molecule is N=C(N)c1ccc(COCCCc2ccccc2)c(Cl)c1. The number of hydrogen-bond donors (Lipinski definition) is 2. The van der Waals surface area contributed by atoms with E-state index < -0.39 is 0 Å². The topological polar surface area (TPSA) is 59.1 Å². The van der Waals surface area contributed by atoms with Crippen LogP contribution in [0.2, 0.25) is 5.02 Å². The summed E-state index contributed by atoms with van der Waals surface area (Å²) < 4.78 is 5.65. The molecule has 2 aromatic rings. The number of ether oxygens (including phenoxy) is 1. The van der Waals surface area contributed by atoms with Gasteiger partial charge in [0.2, 0.25) is 0 Å². The first-order valence-electron chi connectivity index (χ1n) is 6.91. The molecule has 0 unspecified atom stereocenters. The number of hydrogen-bond acceptors (Lipinski definition) is 2. The molecule has 0 radical (unpaired) electrons. The van der Waals surface area contributed by atoms with Crippen molar-refractivity contribution in [3.05, 3.63) is 70.2 Å². The maximum atomic E-state index is 7.37. The van der Waals surface area contributed by atoms with E-state index in [1.54, 1.807) is 12.1 Å². The minimum Gasteiger partial charge on any atom is -0.384 e. The van der Waals surface area contributed by atoms with Crippen molar-refractivity contribution in [2.45, 2.75) is 19.4 Å². The molecule has 0 aromatic heterocycles. The zero-order valence-electron chi connectivity index (χ0n) is 11.8. The molecule has 0 atom stereocenters. The maximum absolute atomic E-state index is 7.37. The lowest BCUT2D eigenvalue weighted by Gasteiger charge is -2.08. The minimum absolute atomic E-state index is 0.0206. The van der Waals surface area contributed by atoms with E-state index in [9.17, 15) is 0 Å². The van der Waals surface area contributed by atoms with Gasteiger partial charge in [0.05, 0.1) is 6.61 Å². The minimum atomic E-state index is 0.0206. The first kappa shape index (κ1) is 15.5. The lowest BCUT2D eigenvalue weighted by Crippen LogP contribution is -2.11. The summed E-state index contributed by atoms with van der Waals surface area (Å²) in [7, 11) is 0.